The number of benzene rings is 9. The third-order valence-electron chi connectivity index (χ3n) is 10.5. The van der Waals surface area contributed by atoms with Gasteiger partial charge in [-0.2, -0.15) is 0 Å². The Kier molecular flexibility index (Phi) is 8.09. The summed E-state index contributed by atoms with van der Waals surface area (Å²) < 4.78 is 2.59. The Hall–Kier alpha value is -6.74. The van der Waals surface area contributed by atoms with E-state index in [0.717, 1.165) is 11.4 Å². The fraction of sp³-hybridized carbons (Fsp3) is 0. The summed E-state index contributed by atoms with van der Waals surface area (Å²) in [7, 11) is 0. The second-order valence-corrected chi connectivity index (χ2v) is 14.8. The van der Waals surface area contributed by atoms with E-state index < -0.39 is 0 Å². The van der Waals surface area contributed by atoms with Crippen molar-refractivity contribution >= 4 is 59.3 Å². The Bertz CT molecular complexity index is 2890. The SMILES string of the molecule is c1ccc(-c2ccc(-c3ccc(N(c4ccc(-c5cc6ccccc6cc5-c5ccccc5)cc4)c4cccc5sc6ccccc6c45)cc3)cc2)cc1. The van der Waals surface area contributed by atoms with Gasteiger partial charge in [0.05, 0.1) is 5.69 Å². The van der Waals surface area contributed by atoms with E-state index in [9.17, 15) is 0 Å². The number of nitrogens with zero attached hydrogens (tertiary/aromatic N) is 1. The largest absolute Gasteiger partial charge is 0.310 e. The van der Waals surface area contributed by atoms with Gasteiger partial charge in [-0.25, -0.2) is 0 Å². The Morgan fingerprint density at radius 1 is 0.315 bits per heavy atom. The Balaban J connectivity index is 1.08. The van der Waals surface area contributed by atoms with Crippen molar-refractivity contribution in [3.8, 4) is 44.5 Å². The van der Waals surface area contributed by atoms with Crippen molar-refractivity contribution in [3.05, 3.63) is 212 Å². The van der Waals surface area contributed by atoms with Crippen LogP contribution in [0.4, 0.5) is 17.1 Å². The Morgan fingerprint density at radius 2 is 0.741 bits per heavy atom. The van der Waals surface area contributed by atoms with E-state index in [1.807, 2.05) is 11.3 Å². The number of rotatable bonds is 7. The molecule has 10 aromatic rings. The van der Waals surface area contributed by atoms with Crippen molar-refractivity contribution in [3.63, 3.8) is 0 Å². The maximum absolute atomic E-state index is 2.42. The molecular weight excluding hydrogens is 671 g/mol. The molecule has 0 saturated carbocycles. The van der Waals surface area contributed by atoms with E-state index in [0.29, 0.717) is 0 Å². The van der Waals surface area contributed by atoms with Gasteiger partial charge < -0.3 is 4.90 Å². The molecule has 2 heteroatoms. The molecule has 0 radical (unpaired) electrons. The molecule has 9 aromatic carbocycles. The van der Waals surface area contributed by atoms with Gasteiger partial charge in [-0.3, -0.25) is 0 Å². The van der Waals surface area contributed by atoms with Crippen LogP contribution in [0.15, 0.2) is 212 Å². The average Bonchev–Trinajstić information content (AvgIpc) is 3.64. The fourth-order valence-corrected chi connectivity index (χ4v) is 8.91. The van der Waals surface area contributed by atoms with Crippen molar-refractivity contribution in [2.24, 2.45) is 0 Å². The van der Waals surface area contributed by atoms with Crippen LogP contribution in [-0.2, 0) is 0 Å². The second kappa shape index (κ2) is 13.7. The first-order chi connectivity index (χ1) is 26.8. The molecule has 1 aromatic heterocycles. The van der Waals surface area contributed by atoms with Gasteiger partial charge in [0.2, 0.25) is 0 Å². The molecule has 1 heterocycles. The third-order valence-corrected chi connectivity index (χ3v) is 11.6. The number of anilines is 3. The van der Waals surface area contributed by atoms with Gasteiger partial charge in [-0.05, 0) is 110 Å². The maximum atomic E-state index is 2.42. The summed E-state index contributed by atoms with van der Waals surface area (Å²) in [4.78, 5) is 2.42. The van der Waals surface area contributed by atoms with E-state index >= 15 is 0 Å². The predicted octanol–water partition coefficient (Wildman–Crippen LogP) is 15.3. The lowest BCUT2D eigenvalue weighted by molar-refractivity contribution is 1.30. The van der Waals surface area contributed by atoms with E-state index in [1.165, 1.54) is 81.1 Å². The molecule has 0 saturated heterocycles. The van der Waals surface area contributed by atoms with Crippen molar-refractivity contribution in [1.29, 1.82) is 0 Å². The van der Waals surface area contributed by atoms with E-state index in [1.54, 1.807) is 0 Å². The smallest absolute Gasteiger partial charge is 0.0554 e. The van der Waals surface area contributed by atoms with Gasteiger partial charge in [0.25, 0.3) is 0 Å². The highest BCUT2D eigenvalue weighted by Crippen LogP contribution is 2.46. The molecule has 0 atom stereocenters. The lowest BCUT2D eigenvalue weighted by Gasteiger charge is -2.27. The van der Waals surface area contributed by atoms with Crippen LogP contribution in [0.1, 0.15) is 0 Å². The summed E-state index contributed by atoms with van der Waals surface area (Å²) in [5, 5.41) is 5.05. The number of hydrogen-bond donors (Lipinski definition) is 0. The van der Waals surface area contributed by atoms with Gasteiger partial charge in [0, 0.05) is 31.5 Å². The summed E-state index contributed by atoms with van der Waals surface area (Å²) in [6, 6.07) is 77.1. The lowest BCUT2D eigenvalue weighted by atomic mass is 9.91. The van der Waals surface area contributed by atoms with E-state index in [2.05, 4.69) is 217 Å². The highest BCUT2D eigenvalue weighted by atomic mass is 32.1. The highest BCUT2D eigenvalue weighted by molar-refractivity contribution is 7.26. The molecule has 0 aliphatic rings. The summed E-state index contributed by atoms with van der Waals surface area (Å²) in [5.74, 6) is 0. The summed E-state index contributed by atoms with van der Waals surface area (Å²) in [6.07, 6.45) is 0. The van der Waals surface area contributed by atoms with Gasteiger partial charge in [0.15, 0.2) is 0 Å². The van der Waals surface area contributed by atoms with Crippen LogP contribution >= 0.6 is 11.3 Å². The van der Waals surface area contributed by atoms with Crippen molar-refractivity contribution in [2.45, 2.75) is 0 Å². The molecule has 1 nitrogen and oxygen atoms in total. The Labute approximate surface area is 319 Å². The zero-order valence-electron chi connectivity index (χ0n) is 29.6. The Morgan fingerprint density at radius 3 is 1.33 bits per heavy atom. The van der Waals surface area contributed by atoms with E-state index in [4.69, 9.17) is 0 Å². The monoisotopic (exact) mass is 705 g/mol. The first kappa shape index (κ1) is 32.0. The van der Waals surface area contributed by atoms with Crippen molar-refractivity contribution < 1.29 is 0 Å². The van der Waals surface area contributed by atoms with Crippen LogP contribution < -0.4 is 4.90 Å². The predicted molar refractivity (Wildman–Crippen MR) is 233 cm³/mol. The first-order valence-corrected chi connectivity index (χ1v) is 19.2. The van der Waals surface area contributed by atoms with Gasteiger partial charge >= 0.3 is 0 Å². The number of thiophene rings is 1. The third kappa shape index (κ3) is 5.84. The van der Waals surface area contributed by atoms with Crippen molar-refractivity contribution in [1.82, 2.24) is 0 Å². The zero-order chi connectivity index (χ0) is 35.8. The minimum atomic E-state index is 1.11. The maximum Gasteiger partial charge on any atom is 0.0554 e. The lowest BCUT2D eigenvalue weighted by Crippen LogP contribution is -2.10. The van der Waals surface area contributed by atoms with Gasteiger partial charge in [-0.1, -0.05) is 158 Å². The van der Waals surface area contributed by atoms with Crippen LogP contribution in [0.2, 0.25) is 0 Å². The van der Waals surface area contributed by atoms with Crippen LogP contribution in [0.3, 0.4) is 0 Å². The molecule has 0 unspecified atom stereocenters. The molecular formula is C52H35NS. The quantitative estimate of drug-likeness (QED) is 0.160. The molecule has 0 spiro atoms. The number of hydrogen-bond acceptors (Lipinski definition) is 2. The average molecular weight is 706 g/mol. The van der Waals surface area contributed by atoms with Crippen LogP contribution in [-0.4, -0.2) is 0 Å². The standard InChI is InChI=1S/C52H35NS/c1-3-12-36(13-4-1)37-22-24-38(25-23-37)39-26-30-44(31-27-39)53(49-19-11-21-51-52(49)46-18-9-10-20-50(46)54-51)45-32-28-41(29-33-45)48-35-43-17-8-7-16-42(43)34-47(48)40-14-5-2-6-15-40/h1-35H. The normalized spacial score (nSPS) is 11.3. The molecule has 254 valence electrons. The summed E-state index contributed by atoms with van der Waals surface area (Å²) in [5.41, 5.74) is 13.1. The first-order valence-electron chi connectivity index (χ1n) is 18.4. The second-order valence-electron chi connectivity index (χ2n) is 13.7. The van der Waals surface area contributed by atoms with E-state index in [-0.39, 0.29) is 0 Å². The fourth-order valence-electron chi connectivity index (χ4n) is 7.78. The minimum absolute atomic E-state index is 1.11. The topological polar surface area (TPSA) is 3.24 Å². The van der Waals surface area contributed by atoms with Crippen LogP contribution in [0.5, 0.6) is 0 Å². The van der Waals surface area contributed by atoms with Crippen LogP contribution in [0.25, 0.3) is 75.5 Å². The van der Waals surface area contributed by atoms with Gasteiger partial charge in [-0.15, -0.1) is 11.3 Å². The molecule has 0 amide bonds. The highest BCUT2D eigenvalue weighted by Gasteiger charge is 2.19. The molecule has 0 bridgehead atoms. The van der Waals surface area contributed by atoms with Crippen LogP contribution in [0, 0.1) is 0 Å². The molecule has 0 aliphatic carbocycles. The summed E-state index contributed by atoms with van der Waals surface area (Å²) >= 11 is 1.86. The van der Waals surface area contributed by atoms with Crippen molar-refractivity contribution in [2.75, 3.05) is 4.90 Å². The summed E-state index contributed by atoms with van der Waals surface area (Å²) in [6.45, 7) is 0. The zero-order valence-corrected chi connectivity index (χ0v) is 30.4. The molecule has 54 heavy (non-hydrogen) atoms. The minimum Gasteiger partial charge on any atom is -0.310 e. The molecule has 10 rings (SSSR count). The molecule has 0 fully saturated rings. The molecule has 0 N–H and O–H groups in total. The van der Waals surface area contributed by atoms with Gasteiger partial charge in [0.1, 0.15) is 0 Å². The molecule has 0 aliphatic heterocycles. The number of fused-ring (bicyclic) bond motifs is 4.